The lowest BCUT2D eigenvalue weighted by molar-refractivity contribution is -0.135. The van der Waals surface area contributed by atoms with Crippen LogP contribution in [0.15, 0.2) is 24.3 Å². The Balaban J connectivity index is 2.24. The molecule has 20 heavy (non-hydrogen) atoms. The van der Waals surface area contributed by atoms with Crippen molar-refractivity contribution in [3.05, 3.63) is 24.3 Å². The average Bonchev–Trinajstić information content (AvgIpc) is 3.22. The molecule has 0 atom stereocenters. The van der Waals surface area contributed by atoms with E-state index in [2.05, 4.69) is 0 Å². The van der Waals surface area contributed by atoms with Crippen molar-refractivity contribution >= 4 is 17.7 Å². The molecule has 6 nitrogen and oxygen atoms in total. The summed E-state index contributed by atoms with van der Waals surface area (Å²) in [7, 11) is 0. The van der Waals surface area contributed by atoms with Gasteiger partial charge in [0.25, 0.3) is 0 Å². The third kappa shape index (κ3) is 3.20. The van der Waals surface area contributed by atoms with E-state index in [1.807, 2.05) is 6.92 Å². The largest absolute Gasteiger partial charge is 0.508 e. The molecule has 2 rings (SSSR count). The Labute approximate surface area is 117 Å². The summed E-state index contributed by atoms with van der Waals surface area (Å²) < 4.78 is 0. The van der Waals surface area contributed by atoms with Crippen molar-refractivity contribution in [1.29, 1.82) is 0 Å². The minimum absolute atomic E-state index is 0.0750. The number of phenolic OH excluding ortho intramolecular Hbond substituents is 1. The van der Waals surface area contributed by atoms with Gasteiger partial charge < -0.3 is 15.1 Å². The first kappa shape index (κ1) is 14.2. The number of carbonyl (C=O) groups excluding carboxylic acids is 1. The van der Waals surface area contributed by atoms with Crippen LogP contribution in [0.4, 0.5) is 10.5 Å². The van der Waals surface area contributed by atoms with Gasteiger partial charge in [0.05, 0.1) is 0 Å². The number of aliphatic carboxylic acids is 1. The third-order valence-electron chi connectivity index (χ3n) is 3.26. The van der Waals surface area contributed by atoms with Gasteiger partial charge in [-0.15, -0.1) is 0 Å². The van der Waals surface area contributed by atoms with E-state index in [0.29, 0.717) is 12.2 Å². The summed E-state index contributed by atoms with van der Waals surface area (Å²) in [4.78, 5) is 26.4. The number of carbonyl (C=O) groups is 2. The Bertz CT molecular complexity index is 496. The normalized spacial score (nSPS) is 13.8. The van der Waals surface area contributed by atoms with Crippen LogP contribution < -0.4 is 4.90 Å². The smallest absolute Gasteiger partial charge is 0.325 e. The van der Waals surface area contributed by atoms with Crippen LogP contribution in [0.2, 0.25) is 0 Å². The van der Waals surface area contributed by atoms with Gasteiger partial charge in [0.1, 0.15) is 12.3 Å². The van der Waals surface area contributed by atoms with Crippen molar-refractivity contribution in [2.45, 2.75) is 25.8 Å². The molecule has 0 aromatic heterocycles. The molecule has 0 unspecified atom stereocenters. The number of nitrogens with zero attached hydrogens (tertiary/aromatic N) is 2. The zero-order valence-electron chi connectivity index (χ0n) is 11.3. The quantitative estimate of drug-likeness (QED) is 0.861. The van der Waals surface area contributed by atoms with Gasteiger partial charge in [-0.1, -0.05) is 0 Å². The highest BCUT2D eigenvalue weighted by atomic mass is 16.4. The standard InChI is InChI=1S/C14H18N2O4/c1-2-15(10-3-4-10)14(20)16(9-13(18)19)11-5-7-12(17)8-6-11/h5-8,10,17H,2-4,9H2,1H3,(H,18,19). The van der Waals surface area contributed by atoms with E-state index in [-0.39, 0.29) is 17.8 Å². The number of hydrogen-bond donors (Lipinski definition) is 2. The molecule has 1 aliphatic carbocycles. The highest BCUT2D eigenvalue weighted by Gasteiger charge is 2.34. The number of carboxylic acid groups (broad SMARTS) is 1. The maximum atomic E-state index is 12.5. The Morgan fingerprint density at radius 3 is 2.30 bits per heavy atom. The topological polar surface area (TPSA) is 81.1 Å². The summed E-state index contributed by atoms with van der Waals surface area (Å²) in [5.41, 5.74) is 0.467. The second-order valence-corrected chi connectivity index (χ2v) is 4.80. The zero-order chi connectivity index (χ0) is 14.7. The van der Waals surface area contributed by atoms with Crippen molar-refractivity contribution in [1.82, 2.24) is 4.90 Å². The number of urea groups is 1. The fourth-order valence-corrected chi connectivity index (χ4v) is 2.13. The molecule has 0 saturated heterocycles. The number of hydrogen-bond acceptors (Lipinski definition) is 3. The Kier molecular flexibility index (Phi) is 4.12. The number of anilines is 1. The summed E-state index contributed by atoms with van der Waals surface area (Å²) >= 11 is 0. The predicted octanol–water partition coefficient (Wildman–Crippen LogP) is 1.89. The molecular formula is C14H18N2O4. The molecule has 0 bridgehead atoms. The van der Waals surface area contributed by atoms with E-state index < -0.39 is 12.5 Å². The molecule has 1 saturated carbocycles. The Hall–Kier alpha value is -2.24. The van der Waals surface area contributed by atoms with E-state index >= 15 is 0 Å². The number of benzene rings is 1. The Morgan fingerprint density at radius 2 is 1.85 bits per heavy atom. The van der Waals surface area contributed by atoms with Gasteiger partial charge in [-0.05, 0) is 44.0 Å². The van der Waals surface area contributed by atoms with E-state index in [0.717, 1.165) is 12.8 Å². The van der Waals surface area contributed by atoms with Crippen molar-refractivity contribution in [3.63, 3.8) is 0 Å². The van der Waals surface area contributed by atoms with E-state index in [1.54, 1.807) is 4.90 Å². The van der Waals surface area contributed by atoms with Gasteiger partial charge in [0, 0.05) is 18.3 Å². The van der Waals surface area contributed by atoms with E-state index in [1.165, 1.54) is 29.2 Å². The maximum absolute atomic E-state index is 12.5. The van der Waals surface area contributed by atoms with Crippen molar-refractivity contribution in [3.8, 4) is 5.75 Å². The molecule has 6 heteroatoms. The monoisotopic (exact) mass is 278 g/mol. The molecule has 0 aliphatic heterocycles. The lowest BCUT2D eigenvalue weighted by Crippen LogP contribution is -2.46. The van der Waals surface area contributed by atoms with Gasteiger partial charge in [0.15, 0.2) is 0 Å². The number of rotatable bonds is 5. The molecule has 0 radical (unpaired) electrons. The minimum atomic E-state index is -1.07. The molecule has 1 fully saturated rings. The summed E-state index contributed by atoms with van der Waals surface area (Å²) in [6.07, 6.45) is 1.94. The number of carboxylic acids is 1. The van der Waals surface area contributed by atoms with Crippen LogP contribution in [0.5, 0.6) is 5.75 Å². The molecular weight excluding hydrogens is 260 g/mol. The van der Waals surface area contributed by atoms with Crippen molar-refractivity contribution in [2.75, 3.05) is 18.0 Å². The highest BCUT2D eigenvalue weighted by Crippen LogP contribution is 2.29. The molecule has 108 valence electrons. The Morgan fingerprint density at radius 1 is 1.25 bits per heavy atom. The average molecular weight is 278 g/mol. The summed E-state index contributed by atoms with van der Waals surface area (Å²) in [5.74, 6) is -0.996. The molecule has 0 spiro atoms. The van der Waals surface area contributed by atoms with Gasteiger partial charge in [0.2, 0.25) is 0 Å². The van der Waals surface area contributed by atoms with Crippen molar-refractivity contribution in [2.24, 2.45) is 0 Å². The maximum Gasteiger partial charge on any atom is 0.325 e. The van der Waals surface area contributed by atoms with Crippen LogP contribution in [0, 0.1) is 0 Å². The first-order valence-corrected chi connectivity index (χ1v) is 6.62. The van der Waals surface area contributed by atoms with Crippen LogP contribution >= 0.6 is 0 Å². The van der Waals surface area contributed by atoms with Crippen LogP contribution in [-0.2, 0) is 4.79 Å². The highest BCUT2D eigenvalue weighted by molar-refractivity contribution is 5.96. The summed E-state index contributed by atoms with van der Waals surface area (Å²) in [6.45, 7) is 2.04. The van der Waals surface area contributed by atoms with Crippen LogP contribution in [0.1, 0.15) is 19.8 Å². The first-order chi connectivity index (χ1) is 9.52. The second kappa shape index (κ2) is 5.81. The summed E-state index contributed by atoms with van der Waals surface area (Å²) in [5, 5.41) is 18.3. The fourth-order valence-electron chi connectivity index (χ4n) is 2.13. The van der Waals surface area contributed by atoms with Crippen LogP contribution in [0.25, 0.3) is 0 Å². The number of amides is 2. The molecule has 1 aromatic rings. The second-order valence-electron chi connectivity index (χ2n) is 4.80. The lowest BCUT2D eigenvalue weighted by Gasteiger charge is -2.29. The van der Waals surface area contributed by atoms with Gasteiger partial charge in [-0.3, -0.25) is 9.69 Å². The zero-order valence-corrected chi connectivity index (χ0v) is 11.3. The minimum Gasteiger partial charge on any atom is -0.508 e. The molecule has 1 aromatic carbocycles. The van der Waals surface area contributed by atoms with Gasteiger partial charge in [-0.25, -0.2) is 4.79 Å². The van der Waals surface area contributed by atoms with Gasteiger partial charge >= 0.3 is 12.0 Å². The van der Waals surface area contributed by atoms with Crippen LogP contribution in [-0.4, -0.2) is 46.2 Å². The summed E-state index contributed by atoms with van der Waals surface area (Å²) in [6, 6.07) is 5.87. The molecule has 2 amide bonds. The van der Waals surface area contributed by atoms with E-state index in [9.17, 15) is 14.7 Å². The predicted molar refractivity (Wildman–Crippen MR) is 73.9 cm³/mol. The van der Waals surface area contributed by atoms with Gasteiger partial charge in [-0.2, -0.15) is 0 Å². The lowest BCUT2D eigenvalue weighted by atomic mass is 10.2. The van der Waals surface area contributed by atoms with Crippen molar-refractivity contribution < 1.29 is 19.8 Å². The molecule has 2 N–H and O–H groups in total. The third-order valence-corrected chi connectivity index (χ3v) is 3.26. The van der Waals surface area contributed by atoms with Crippen LogP contribution in [0.3, 0.4) is 0 Å². The first-order valence-electron chi connectivity index (χ1n) is 6.62. The SMILES string of the molecule is CCN(C(=O)N(CC(=O)O)c1ccc(O)cc1)C1CC1. The van der Waals surface area contributed by atoms with E-state index in [4.69, 9.17) is 5.11 Å². The number of aromatic hydroxyl groups is 1. The molecule has 1 aliphatic rings. The number of phenols is 1. The fraction of sp³-hybridized carbons (Fsp3) is 0.429. The molecule has 0 heterocycles.